The third-order valence-electron chi connectivity index (χ3n) is 7.97. The van der Waals surface area contributed by atoms with E-state index < -0.39 is 12.1 Å². The van der Waals surface area contributed by atoms with E-state index in [4.69, 9.17) is 0 Å². The Balaban J connectivity index is 1.36. The second kappa shape index (κ2) is 12.4. The molecule has 5 rings (SSSR count). The molecule has 1 saturated heterocycles. The summed E-state index contributed by atoms with van der Waals surface area (Å²) in [5.41, 5.74) is 2.04. The fourth-order valence-electron chi connectivity index (χ4n) is 5.56. The number of aliphatic hydroxyl groups is 1. The lowest BCUT2D eigenvalue weighted by Crippen LogP contribution is -2.54. The topological polar surface area (TPSA) is 81.7 Å². The molecule has 39 heavy (non-hydrogen) atoms. The minimum absolute atomic E-state index is 0.0703. The lowest BCUT2D eigenvalue weighted by molar-refractivity contribution is -0.138. The van der Waals surface area contributed by atoms with Crippen LogP contribution in [0.25, 0.3) is 21.5 Å². The van der Waals surface area contributed by atoms with Gasteiger partial charge in [0.15, 0.2) is 0 Å². The van der Waals surface area contributed by atoms with Crippen LogP contribution in [0.3, 0.4) is 0 Å². The van der Waals surface area contributed by atoms with Crippen molar-refractivity contribution >= 4 is 33.4 Å². The van der Waals surface area contributed by atoms with Crippen molar-refractivity contribution in [1.82, 2.24) is 15.5 Å². The molecule has 6 heteroatoms. The Bertz CT molecular complexity index is 1450. The molecule has 0 spiro atoms. The third-order valence-corrected chi connectivity index (χ3v) is 7.97. The van der Waals surface area contributed by atoms with Crippen LogP contribution in [-0.2, 0) is 22.4 Å². The Morgan fingerprint density at radius 1 is 0.846 bits per heavy atom. The van der Waals surface area contributed by atoms with E-state index in [2.05, 4.69) is 65.2 Å². The summed E-state index contributed by atoms with van der Waals surface area (Å²) in [6, 6.07) is 27.6. The van der Waals surface area contributed by atoms with Crippen molar-refractivity contribution in [3.05, 3.63) is 96.1 Å². The van der Waals surface area contributed by atoms with Crippen LogP contribution in [0.4, 0.5) is 0 Å². The van der Waals surface area contributed by atoms with Crippen LogP contribution in [0.1, 0.15) is 24.0 Å². The standard InChI is InChI=1S/C33H37N3O3/c1-36(30(22-37)20-23-10-12-25-6-2-4-8-28(25)18-23)33(39)31(35-32(38)27-14-16-34-17-15-27)21-24-11-13-26-7-3-5-9-29(26)19-24/h2-13,18-19,27,30-31,34,37H,14-17,20-22H2,1H3,(H,35,38). The third kappa shape index (κ3) is 6.47. The molecule has 2 amide bonds. The van der Waals surface area contributed by atoms with Gasteiger partial charge in [-0.25, -0.2) is 0 Å². The van der Waals surface area contributed by atoms with Crippen LogP contribution >= 0.6 is 0 Å². The largest absolute Gasteiger partial charge is 0.394 e. The molecule has 0 saturated carbocycles. The molecular formula is C33H37N3O3. The van der Waals surface area contributed by atoms with Gasteiger partial charge in [0.25, 0.3) is 0 Å². The van der Waals surface area contributed by atoms with E-state index in [9.17, 15) is 14.7 Å². The summed E-state index contributed by atoms with van der Waals surface area (Å²) >= 11 is 0. The molecule has 1 aliphatic rings. The molecule has 4 aromatic rings. The Hall–Kier alpha value is -3.74. The van der Waals surface area contributed by atoms with E-state index in [0.29, 0.717) is 12.8 Å². The number of likely N-dealkylation sites (N-methyl/N-ethyl adjacent to an activating group) is 1. The number of carbonyl (C=O) groups is 2. The van der Waals surface area contributed by atoms with Gasteiger partial charge in [0, 0.05) is 19.4 Å². The summed E-state index contributed by atoms with van der Waals surface area (Å²) in [7, 11) is 1.73. The highest BCUT2D eigenvalue weighted by atomic mass is 16.3. The fourth-order valence-corrected chi connectivity index (χ4v) is 5.56. The van der Waals surface area contributed by atoms with E-state index in [-0.39, 0.29) is 24.3 Å². The number of piperidine rings is 1. The van der Waals surface area contributed by atoms with Crippen LogP contribution < -0.4 is 10.6 Å². The van der Waals surface area contributed by atoms with Crippen molar-refractivity contribution < 1.29 is 14.7 Å². The van der Waals surface area contributed by atoms with Crippen molar-refractivity contribution in [3.63, 3.8) is 0 Å². The van der Waals surface area contributed by atoms with Gasteiger partial charge in [0.05, 0.1) is 12.6 Å². The Labute approximate surface area is 230 Å². The number of benzene rings is 4. The lowest BCUT2D eigenvalue weighted by atomic mass is 9.95. The second-order valence-electron chi connectivity index (χ2n) is 10.6. The normalized spacial score (nSPS) is 15.6. The molecular weight excluding hydrogens is 486 g/mol. The molecule has 2 atom stereocenters. The smallest absolute Gasteiger partial charge is 0.245 e. The van der Waals surface area contributed by atoms with Gasteiger partial charge in [-0.15, -0.1) is 0 Å². The number of aliphatic hydroxyl groups excluding tert-OH is 1. The summed E-state index contributed by atoms with van der Waals surface area (Å²) in [5.74, 6) is -0.362. The van der Waals surface area contributed by atoms with Crippen molar-refractivity contribution in [3.8, 4) is 0 Å². The van der Waals surface area contributed by atoms with Gasteiger partial charge in [-0.2, -0.15) is 0 Å². The first kappa shape index (κ1) is 26.9. The molecule has 202 valence electrons. The summed E-state index contributed by atoms with van der Waals surface area (Å²) in [6.07, 6.45) is 2.44. The number of hydrogen-bond donors (Lipinski definition) is 3. The molecule has 6 nitrogen and oxygen atoms in total. The number of nitrogens with one attached hydrogen (secondary N) is 2. The number of carbonyl (C=O) groups excluding carboxylic acids is 2. The number of rotatable bonds is 9. The predicted octanol–water partition coefficient (Wildman–Crippen LogP) is 4.08. The van der Waals surface area contributed by atoms with E-state index in [1.165, 1.54) is 0 Å². The molecule has 2 unspecified atom stereocenters. The zero-order valence-electron chi connectivity index (χ0n) is 22.5. The van der Waals surface area contributed by atoms with Crippen LogP contribution in [-0.4, -0.2) is 60.6 Å². The highest BCUT2D eigenvalue weighted by Gasteiger charge is 2.31. The molecule has 0 aliphatic carbocycles. The van der Waals surface area contributed by atoms with E-state index in [1.807, 2.05) is 30.3 Å². The van der Waals surface area contributed by atoms with Crippen molar-refractivity contribution in [2.45, 2.75) is 37.8 Å². The Morgan fingerprint density at radius 2 is 1.38 bits per heavy atom. The Morgan fingerprint density at radius 3 is 1.95 bits per heavy atom. The summed E-state index contributed by atoms with van der Waals surface area (Å²) < 4.78 is 0. The predicted molar refractivity (Wildman–Crippen MR) is 156 cm³/mol. The van der Waals surface area contributed by atoms with Gasteiger partial charge in [0.1, 0.15) is 6.04 Å². The van der Waals surface area contributed by atoms with E-state index in [1.54, 1.807) is 11.9 Å². The highest BCUT2D eigenvalue weighted by molar-refractivity contribution is 5.89. The lowest BCUT2D eigenvalue weighted by Gasteiger charge is -2.32. The fraction of sp³-hybridized carbons (Fsp3) is 0.333. The quantitative estimate of drug-likeness (QED) is 0.309. The summed E-state index contributed by atoms with van der Waals surface area (Å²) in [4.78, 5) is 28.8. The average Bonchev–Trinajstić information content (AvgIpc) is 2.99. The van der Waals surface area contributed by atoms with Crippen LogP contribution in [0.5, 0.6) is 0 Å². The van der Waals surface area contributed by atoms with Gasteiger partial charge in [0.2, 0.25) is 11.8 Å². The molecule has 1 aliphatic heterocycles. The molecule has 0 radical (unpaired) electrons. The molecule has 4 aromatic carbocycles. The number of hydrogen-bond acceptors (Lipinski definition) is 4. The summed E-state index contributed by atoms with van der Waals surface area (Å²) in [6.45, 7) is 1.44. The van der Waals surface area contributed by atoms with Crippen molar-refractivity contribution in [1.29, 1.82) is 0 Å². The maximum absolute atomic E-state index is 13.9. The zero-order valence-corrected chi connectivity index (χ0v) is 22.5. The maximum Gasteiger partial charge on any atom is 0.245 e. The molecule has 0 bridgehead atoms. The first-order valence-corrected chi connectivity index (χ1v) is 13.9. The SMILES string of the molecule is CN(C(=O)C(Cc1ccc2ccccc2c1)NC(=O)C1CCNCC1)C(CO)Cc1ccc2ccccc2c1. The molecule has 1 heterocycles. The molecule has 0 aromatic heterocycles. The minimum atomic E-state index is -0.718. The van der Waals surface area contributed by atoms with Gasteiger partial charge in [-0.05, 0) is 65.0 Å². The van der Waals surface area contributed by atoms with E-state index in [0.717, 1.165) is 58.6 Å². The summed E-state index contributed by atoms with van der Waals surface area (Å²) in [5, 5.41) is 21.2. The van der Waals surface area contributed by atoms with E-state index >= 15 is 0 Å². The number of fused-ring (bicyclic) bond motifs is 2. The van der Waals surface area contributed by atoms with Crippen LogP contribution in [0.15, 0.2) is 84.9 Å². The van der Waals surface area contributed by atoms with Gasteiger partial charge in [-0.3, -0.25) is 9.59 Å². The van der Waals surface area contributed by atoms with Gasteiger partial charge in [-0.1, -0.05) is 84.9 Å². The monoisotopic (exact) mass is 523 g/mol. The minimum Gasteiger partial charge on any atom is -0.394 e. The van der Waals surface area contributed by atoms with Crippen molar-refractivity contribution in [2.24, 2.45) is 5.92 Å². The Kier molecular flexibility index (Phi) is 8.54. The first-order chi connectivity index (χ1) is 19.0. The molecule has 3 N–H and O–H groups in total. The zero-order chi connectivity index (χ0) is 27.2. The first-order valence-electron chi connectivity index (χ1n) is 13.9. The number of amides is 2. The van der Waals surface area contributed by atoms with Gasteiger partial charge >= 0.3 is 0 Å². The maximum atomic E-state index is 13.9. The van der Waals surface area contributed by atoms with Gasteiger partial charge < -0.3 is 20.6 Å². The second-order valence-corrected chi connectivity index (χ2v) is 10.6. The average molecular weight is 524 g/mol. The van der Waals surface area contributed by atoms with Crippen molar-refractivity contribution in [2.75, 3.05) is 26.7 Å². The van der Waals surface area contributed by atoms with Crippen LogP contribution in [0.2, 0.25) is 0 Å². The highest BCUT2D eigenvalue weighted by Crippen LogP contribution is 2.21. The number of nitrogens with zero attached hydrogens (tertiary/aromatic N) is 1. The van der Waals surface area contributed by atoms with Crippen LogP contribution in [0, 0.1) is 5.92 Å². The molecule has 1 fully saturated rings.